The van der Waals surface area contributed by atoms with Crippen molar-refractivity contribution in [3.05, 3.63) is 57.4 Å². The number of carbonyl (C=O) groups is 3. The van der Waals surface area contributed by atoms with E-state index in [1.54, 1.807) is 68.5 Å². The van der Waals surface area contributed by atoms with Crippen LogP contribution in [0.1, 0.15) is 76.6 Å². The average Bonchev–Trinajstić information content (AvgIpc) is 2.96. The van der Waals surface area contributed by atoms with E-state index in [9.17, 15) is 14.4 Å². The molecule has 1 atom stereocenters. The highest BCUT2D eigenvalue weighted by atomic mass is 35.5. The van der Waals surface area contributed by atoms with E-state index in [2.05, 4.69) is 13.8 Å². The third kappa shape index (κ3) is 5.41. The summed E-state index contributed by atoms with van der Waals surface area (Å²) in [6.07, 6.45) is 0.762. The Kier molecular flexibility index (Phi) is 8.67. The first kappa shape index (κ1) is 25.7. The zero-order valence-corrected chi connectivity index (χ0v) is 20.7. The number of Topliss-reactive ketones (excluding diaryl/α,β-unsaturated/α-hetero) is 1. The average molecular weight is 461 g/mol. The van der Waals surface area contributed by atoms with Gasteiger partial charge in [-0.3, -0.25) is 9.59 Å². The monoisotopic (exact) mass is 460 g/mol. The zero-order valence-electron chi connectivity index (χ0n) is 20.0. The SMILES string of the molecule is CCOC(=O)c1c(C)c(C(=O)[C@H](C)N(CCC(C)C)C(=O)c2ccc(Cl)cc2)c(C)n1C. The Hall–Kier alpha value is -2.60. The molecule has 0 fully saturated rings. The van der Waals surface area contributed by atoms with E-state index in [-0.39, 0.29) is 18.3 Å². The fourth-order valence-electron chi connectivity index (χ4n) is 3.81. The quantitative estimate of drug-likeness (QED) is 0.379. The van der Waals surface area contributed by atoms with Crippen molar-refractivity contribution in [2.45, 2.75) is 54.0 Å². The molecule has 0 aliphatic heterocycles. The van der Waals surface area contributed by atoms with Gasteiger partial charge in [-0.2, -0.15) is 0 Å². The summed E-state index contributed by atoms with van der Waals surface area (Å²) in [6.45, 7) is 11.9. The molecule has 0 saturated carbocycles. The van der Waals surface area contributed by atoms with Gasteiger partial charge in [0.1, 0.15) is 5.69 Å². The summed E-state index contributed by atoms with van der Waals surface area (Å²) in [7, 11) is 1.74. The normalized spacial score (nSPS) is 12.0. The summed E-state index contributed by atoms with van der Waals surface area (Å²) in [5.74, 6) is -0.512. The molecule has 7 heteroatoms. The molecule has 0 aliphatic rings. The fourth-order valence-corrected chi connectivity index (χ4v) is 3.93. The van der Waals surface area contributed by atoms with Crippen LogP contribution in [0.5, 0.6) is 0 Å². The highest BCUT2D eigenvalue weighted by Crippen LogP contribution is 2.25. The Bertz CT molecular complexity index is 992. The molecule has 1 amide bonds. The van der Waals surface area contributed by atoms with Gasteiger partial charge in [0.15, 0.2) is 5.78 Å². The summed E-state index contributed by atoms with van der Waals surface area (Å²) in [5, 5.41) is 0.543. The van der Waals surface area contributed by atoms with Crippen molar-refractivity contribution >= 4 is 29.3 Å². The number of amides is 1. The van der Waals surface area contributed by atoms with Crippen LogP contribution in [0.4, 0.5) is 0 Å². The molecule has 174 valence electrons. The highest BCUT2D eigenvalue weighted by Gasteiger charge is 2.32. The first-order valence-corrected chi connectivity index (χ1v) is 11.3. The summed E-state index contributed by atoms with van der Waals surface area (Å²) in [4.78, 5) is 41.0. The molecule has 1 heterocycles. The van der Waals surface area contributed by atoms with Crippen molar-refractivity contribution in [3.63, 3.8) is 0 Å². The number of esters is 1. The van der Waals surface area contributed by atoms with Crippen molar-refractivity contribution in [2.24, 2.45) is 13.0 Å². The van der Waals surface area contributed by atoms with Crippen molar-refractivity contribution < 1.29 is 19.1 Å². The predicted octanol–water partition coefficient (Wildman–Crippen LogP) is 5.23. The number of nitrogens with zero attached hydrogens (tertiary/aromatic N) is 2. The van der Waals surface area contributed by atoms with Crippen LogP contribution < -0.4 is 0 Å². The Morgan fingerprint density at radius 2 is 1.69 bits per heavy atom. The van der Waals surface area contributed by atoms with E-state index in [0.29, 0.717) is 45.6 Å². The van der Waals surface area contributed by atoms with Gasteiger partial charge in [-0.05, 0) is 69.9 Å². The summed E-state index contributed by atoms with van der Waals surface area (Å²) in [6, 6.07) is 5.97. The molecule has 32 heavy (non-hydrogen) atoms. The smallest absolute Gasteiger partial charge is 0.355 e. The number of rotatable bonds is 9. The van der Waals surface area contributed by atoms with Gasteiger partial charge < -0.3 is 14.2 Å². The minimum absolute atomic E-state index is 0.197. The number of halogens is 1. The zero-order chi connectivity index (χ0) is 24.2. The van der Waals surface area contributed by atoms with Gasteiger partial charge in [-0.25, -0.2) is 4.79 Å². The van der Waals surface area contributed by atoms with Gasteiger partial charge in [0.2, 0.25) is 0 Å². The van der Waals surface area contributed by atoms with Crippen LogP contribution in [0, 0.1) is 19.8 Å². The van der Waals surface area contributed by atoms with E-state index >= 15 is 0 Å². The van der Waals surface area contributed by atoms with Crippen LogP contribution in [0.15, 0.2) is 24.3 Å². The second-order valence-corrected chi connectivity index (χ2v) is 8.88. The van der Waals surface area contributed by atoms with Crippen LogP contribution >= 0.6 is 11.6 Å². The lowest BCUT2D eigenvalue weighted by Crippen LogP contribution is -2.44. The van der Waals surface area contributed by atoms with Crippen LogP contribution in [0.25, 0.3) is 0 Å². The number of benzene rings is 1. The number of carbonyl (C=O) groups excluding carboxylic acids is 3. The van der Waals surface area contributed by atoms with E-state index < -0.39 is 12.0 Å². The van der Waals surface area contributed by atoms with Crippen molar-refractivity contribution in [2.75, 3.05) is 13.2 Å². The molecular formula is C25H33ClN2O4. The third-order valence-electron chi connectivity index (χ3n) is 5.79. The van der Waals surface area contributed by atoms with E-state index in [4.69, 9.17) is 16.3 Å². The Morgan fingerprint density at radius 3 is 2.22 bits per heavy atom. The number of hydrogen-bond donors (Lipinski definition) is 0. The molecule has 0 unspecified atom stereocenters. The van der Waals surface area contributed by atoms with Crippen LogP contribution in [0.2, 0.25) is 5.02 Å². The number of aromatic nitrogens is 1. The maximum absolute atomic E-state index is 13.6. The molecular weight excluding hydrogens is 428 g/mol. The molecule has 1 aromatic heterocycles. The molecule has 0 spiro atoms. The van der Waals surface area contributed by atoms with Gasteiger partial charge in [0.05, 0.1) is 12.6 Å². The predicted molar refractivity (Wildman–Crippen MR) is 127 cm³/mol. The second kappa shape index (κ2) is 10.8. The Balaban J connectivity index is 2.45. The first-order chi connectivity index (χ1) is 15.0. The number of hydrogen-bond acceptors (Lipinski definition) is 4. The lowest BCUT2D eigenvalue weighted by Gasteiger charge is -2.29. The lowest BCUT2D eigenvalue weighted by molar-refractivity contribution is 0.0513. The van der Waals surface area contributed by atoms with Crippen LogP contribution in [-0.4, -0.2) is 46.3 Å². The molecule has 6 nitrogen and oxygen atoms in total. The number of ketones is 1. The van der Waals surface area contributed by atoms with E-state index in [1.165, 1.54) is 0 Å². The molecule has 0 N–H and O–H groups in total. The standard InChI is InChI=1S/C25H33ClN2O4/c1-8-32-25(31)22-16(4)21(17(5)27(22)7)23(29)18(6)28(14-13-15(2)3)24(30)19-9-11-20(26)12-10-19/h9-12,15,18H,8,13-14H2,1-7H3/t18-/m0/s1. The maximum Gasteiger partial charge on any atom is 0.355 e. The molecule has 0 bridgehead atoms. The van der Waals surface area contributed by atoms with Crippen LogP contribution in [-0.2, 0) is 11.8 Å². The number of ether oxygens (including phenoxy) is 1. The Morgan fingerprint density at radius 1 is 1.09 bits per heavy atom. The summed E-state index contributed by atoms with van der Waals surface area (Å²) in [5.41, 5.74) is 2.54. The van der Waals surface area contributed by atoms with Gasteiger partial charge in [-0.15, -0.1) is 0 Å². The fraction of sp³-hybridized carbons (Fsp3) is 0.480. The second-order valence-electron chi connectivity index (χ2n) is 8.44. The van der Waals surface area contributed by atoms with Crippen molar-refractivity contribution in [3.8, 4) is 0 Å². The summed E-state index contributed by atoms with van der Waals surface area (Å²) >= 11 is 5.97. The minimum atomic E-state index is -0.702. The first-order valence-electron chi connectivity index (χ1n) is 10.9. The maximum atomic E-state index is 13.6. The topological polar surface area (TPSA) is 68.6 Å². The van der Waals surface area contributed by atoms with Crippen molar-refractivity contribution in [1.82, 2.24) is 9.47 Å². The van der Waals surface area contributed by atoms with E-state index in [0.717, 1.165) is 6.42 Å². The van der Waals surface area contributed by atoms with Crippen LogP contribution in [0.3, 0.4) is 0 Å². The van der Waals surface area contributed by atoms with Crippen molar-refractivity contribution in [1.29, 1.82) is 0 Å². The van der Waals surface area contributed by atoms with Gasteiger partial charge in [0.25, 0.3) is 5.91 Å². The molecule has 2 rings (SSSR count). The van der Waals surface area contributed by atoms with E-state index in [1.807, 2.05) is 0 Å². The van der Waals surface area contributed by atoms with Gasteiger partial charge >= 0.3 is 5.97 Å². The van der Waals surface area contributed by atoms with Gasteiger partial charge in [0, 0.05) is 35.4 Å². The van der Waals surface area contributed by atoms with Gasteiger partial charge in [-0.1, -0.05) is 25.4 Å². The molecule has 0 radical (unpaired) electrons. The largest absolute Gasteiger partial charge is 0.461 e. The molecule has 2 aromatic rings. The summed E-state index contributed by atoms with van der Waals surface area (Å²) < 4.78 is 6.86. The lowest BCUT2D eigenvalue weighted by atomic mass is 9.98. The minimum Gasteiger partial charge on any atom is -0.461 e. The highest BCUT2D eigenvalue weighted by molar-refractivity contribution is 6.30. The molecule has 1 aromatic carbocycles. The Labute approximate surface area is 195 Å². The third-order valence-corrected chi connectivity index (χ3v) is 6.04. The molecule has 0 aliphatic carbocycles. The molecule has 0 saturated heterocycles.